The highest BCUT2D eigenvalue weighted by atomic mass is 19.1. The highest BCUT2D eigenvalue weighted by Gasteiger charge is 2.40. The normalized spacial score (nSPS) is 16.7. The zero-order chi connectivity index (χ0) is 19.7. The second kappa shape index (κ2) is 7.31. The monoisotopic (exact) mass is 373 g/mol. The SMILES string of the molecule is Cc1ccc(C2=C(O)C(=O)N(Cc3ccc(F)cc3)[C@@H]2c2ccccc2)cc1. The van der Waals surface area contributed by atoms with Crippen molar-refractivity contribution in [3.05, 3.63) is 113 Å². The van der Waals surface area contributed by atoms with Crippen molar-refractivity contribution in [2.75, 3.05) is 0 Å². The number of benzene rings is 3. The number of carbonyl (C=O) groups excluding carboxylic acids is 1. The number of rotatable bonds is 4. The maximum atomic E-state index is 13.3. The van der Waals surface area contributed by atoms with Crippen molar-refractivity contribution in [2.24, 2.45) is 0 Å². The number of amides is 1. The first kappa shape index (κ1) is 18.0. The predicted molar refractivity (Wildman–Crippen MR) is 107 cm³/mol. The molecule has 1 aliphatic heterocycles. The van der Waals surface area contributed by atoms with Crippen LogP contribution in [0, 0.1) is 12.7 Å². The largest absolute Gasteiger partial charge is 0.503 e. The zero-order valence-corrected chi connectivity index (χ0v) is 15.5. The summed E-state index contributed by atoms with van der Waals surface area (Å²) in [4.78, 5) is 14.6. The highest BCUT2D eigenvalue weighted by molar-refractivity contribution is 6.05. The molecule has 1 atom stereocenters. The number of aliphatic hydroxyl groups excluding tert-OH is 1. The second-order valence-electron chi connectivity index (χ2n) is 7.00. The van der Waals surface area contributed by atoms with Crippen molar-refractivity contribution in [1.29, 1.82) is 0 Å². The molecule has 0 radical (unpaired) electrons. The number of aryl methyl sites for hydroxylation is 1. The first-order valence-corrected chi connectivity index (χ1v) is 9.15. The van der Waals surface area contributed by atoms with Crippen LogP contribution in [0.25, 0.3) is 5.57 Å². The fourth-order valence-corrected chi connectivity index (χ4v) is 3.61. The first-order chi connectivity index (χ1) is 13.5. The van der Waals surface area contributed by atoms with Crippen molar-refractivity contribution in [1.82, 2.24) is 4.90 Å². The van der Waals surface area contributed by atoms with Crippen LogP contribution >= 0.6 is 0 Å². The summed E-state index contributed by atoms with van der Waals surface area (Å²) in [5.74, 6) is -0.981. The summed E-state index contributed by atoms with van der Waals surface area (Å²) < 4.78 is 13.3. The van der Waals surface area contributed by atoms with E-state index in [1.165, 1.54) is 12.1 Å². The van der Waals surface area contributed by atoms with Crippen LogP contribution in [0.1, 0.15) is 28.3 Å². The Hall–Kier alpha value is -3.40. The van der Waals surface area contributed by atoms with Gasteiger partial charge in [-0.25, -0.2) is 4.39 Å². The molecule has 3 aromatic rings. The van der Waals surface area contributed by atoms with Gasteiger partial charge in [0.15, 0.2) is 5.76 Å². The van der Waals surface area contributed by atoms with Gasteiger partial charge in [-0.15, -0.1) is 0 Å². The Morgan fingerprint density at radius 1 is 0.929 bits per heavy atom. The van der Waals surface area contributed by atoms with E-state index in [0.29, 0.717) is 5.57 Å². The number of aliphatic hydroxyl groups is 1. The molecular formula is C24H20FNO2. The maximum absolute atomic E-state index is 13.3. The topological polar surface area (TPSA) is 40.5 Å². The molecule has 4 heteroatoms. The van der Waals surface area contributed by atoms with Crippen LogP contribution in [0.4, 0.5) is 4.39 Å². The molecule has 0 saturated carbocycles. The Bertz CT molecular complexity index is 1020. The summed E-state index contributed by atoms with van der Waals surface area (Å²) in [7, 11) is 0. The van der Waals surface area contributed by atoms with Crippen LogP contribution in [0.3, 0.4) is 0 Å². The lowest BCUT2D eigenvalue weighted by molar-refractivity contribution is -0.130. The Morgan fingerprint density at radius 3 is 2.21 bits per heavy atom. The maximum Gasteiger partial charge on any atom is 0.290 e. The molecule has 0 unspecified atom stereocenters. The number of halogens is 1. The van der Waals surface area contributed by atoms with Gasteiger partial charge in [0.2, 0.25) is 0 Å². The van der Waals surface area contributed by atoms with Gasteiger partial charge in [0.1, 0.15) is 5.82 Å². The molecule has 0 fully saturated rings. The Labute approximate surface area is 163 Å². The van der Waals surface area contributed by atoms with Crippen LogP contribution < -0.4 is 0 Å². The van der Waals surface area contributed by atoms with Crippen molar-refractivity contribution in [3.8, 4) is 0 Å². The molecule has 3 aromatic carbocycles. The lowest BCUT2D eigenvalue weighted by Crippen LogP contribution is -2.29. The van der Waals surface area contributed by atoms with Gasteiger partial charge >= 0.3 is 0 Å². The molecule has 1 amide bonds. The molecule has 0 spiro atoms. The number of carbonyl (C=O) groups is 1. The lowest BCUT2D eigenvalue weighted by atomic mass is 9.93. The van der Waals surface area contributed by atoms with E-state index in [9.17, 15) is 14.3 Å². The number of hydrogen-bond acceptors (Lipinski definition) is 2. The van der Waals surface area contributed by atoms with E-state index in [-0.39, 0.29) is 18.1 Å². The zero-order valence-electron chi connectivity index (χ0n) is 15.5. The average Bonchev–Trinajstić information content (AvgIpc) is 2.96. The van der Waals surface area contributed by atoms with Gasteiger partial charge in [-0.05, 0) is 35.7 Å². The minimum atomic E-state index is -0.422. The Morgan fingerprint density at radius 2 is 1.57 bits per heavy atom. The van der Waals surface area contributed by atoms with Gasteiger partial charge in [0.25, 0.3) is 5.91 Å². The molecule has 1 N–H and O–H groups in total. The average molecular weight is 373 g/mol. The van der Waals surface area contributed by atoms with Gasteiger partial charge in [0.05, 0.1) is 6.04 Å². The van der Waals surface area contributed by atoms with Gasteiger partial charge in [-0.2, -0.15) is 0 Å². The summed E-state index contributed by atoms with van der Waals surface area (Å²) in [5.41, 5.74) is 4.23. The molecular weight excluding hydrogens is 353 g/mol. The highest BCUT2D eigenvalue weighted by Crippen LogP contribution is 2.43. The van der Waals surface area contributed by atoms with E-state index in [0.717, 1.165) is 22.3 Å². The van der Waals surface area contributed by atoms with E-state index in [1.54, 1.807) is 17.0 Å². The van der Waals surface area contributed by atoms with Crippen molar-refractivity contribution in [3.63, 3.8) is 0 Å². The molecule has 140 valence electrons. The summed E-state index contributed by atoms with van der Waals surface area (Å²) in [5, 5.41) is 10.7. The molecule has 1 heterocycles. The molecule has 0 bridgehead atoms. The summed E-state index contributed by atoms with van der Waals surface area (Å²) in [6.07, 6.45) is 0. The fourth-order valence-electron chi connectivity index (χ4n) is 3.61. The molecule has 1 aliphatic rings. The third-order valence-electron chi connectivity index (χ3n) is 5.05. The van der Waals surface area contributed by atoms with Crippen LogP contribution in [0.5, 0.6) is 0 Å². The molecule has 0 saturated heterocycles. The molecule has 28 heavy (non-hydrogen) atoms. The predicted octanol–water partition coefficient (Wildman–Crippen LogP) is 5.19. The van der Waals surface area contributed by atoms with E-state index >= 15 is 0 Å². The van der Waals surface area contributed by atoms with E-state index in [4.69, 9.17) is 0 Å². The third-order valence-corrected chi connectivity index (χ3v) is 5.05. The Kier molecular flexibility index (Phi) is 4.70. The van der Waals surface area contributed by atoms with Crippen molar-refractivity contribution >= 4 is 11.5 Å². The smallest absolute Gasteiger partial charge is 0.290 e. The first-order valence-electron chi connectivity index (χ1n) is 9.15. The van der Waals surface area contributed by atoms with Crippen LogP contribution in [0.15, 0.2) is 84.6 Å². The second-order valence-corrected chi connectivity index (χ2v) is 7.00. The lowest BCUT2D eigenvalue weighted by Gasteiger charge is -2.27. The van der Waals surface area contributed by atoms with Gasteiger partial charge < -0.3 is 10.0 Å². The Balaban J connectivity index is 1.79. The van der Waals surface area contributed by atoms with Crippen molar-refractivity contribution < 1.29 is 14.3 Å². The van der Waals surface area contributed by atoms with E-state index in [2.05, 4.69) is 0 Å². The van der Waals surface area contributed by atoms with Gasteiger partial charge in [-0.3, -0.25) is 4.79 Å². The standard InChI is InChI=1S/C24H20FNO2/c1-16-7-11-18(12-8-16)21-22(19-5-3-2-4-6-19)26(24(28)23(21)27)15-17-9-13-20(25)14-10-17/h2-14,22,27H,15H2,1H3/t22-/m1/s1. The van der Waals surface area contributed by atoms with E-state index in [1.807, 2.05) is 61.5 Å². The fraction of sp³-hybridized carbons (Fsp3) is 0.125. The van der Waals surface area contributed by atoms with Crippen LogP contribution in [-0.2, 0) is 11.3 Å². The minimum Gasteiger partial charge on any atom is -0.503 e. The summed E-state index contributed by atoms with van der Waals surface area (Å²) in [6.45, 7) is 2.27. The molecule has 4 rings (SSSR count). The number of hydrogen-bond donors (Lipinski definition) is 1. The quantitative estimate of drug-likeness (QED) is 0.684. The molecule has 0 aliphatic carbocycles. The molecule has 0 aromatic heterocycles. The van der Waals surface area contributed by atoms with Gasteiger partial charge in [0, 0.05) is 12.1 Å². The molecule has 3 nitrogen and oxygen atoms in total. The van der Waals surface area contributed by atoms with Crippen LogP contribution in [0.2, 0.25) is 0 Å². The van der Waals surface area contributed by atoms with Crippen LogP contribution in [-0.4, -0.2) is 15.9 Å². The van der Waals surface area contributed by atoms with Gasteiger partial charge in [-0.1, -0.05) is 72.3 Å². The summed E-state index contributed by atoms with van der Waals surface area (Å²) >= 11 is 0. The number of nitrogens with zero attached hydrogens (tertiary/aromatic N) is 1. The third kappa shape index (κ3) is 3.29. The summed E-state index contributed by atoms with van der Waals surface area (Å²) in [6, 6.07) is 23.1. The van der Waals surface area contributed by atoms with E-state index < -0.39 is 11.9 Å². The minimum absolute atomic E-state index is 0.236. The van der Waals surface area contributed by atoms with Crippen molar-refractivity contribution in [2.45, 2.75) is 19.5 Å².